The summed E-state index contributed by atoms with van der Waals surface area (Å²) in [7, 11) is 5.83. The minimum atomic E-state index is -1.18. The van der Waals surface area contributed by atoms with E-state index in [0.29, 0.717) is 17.4 Å². The molecular formula is C23H43NO4. The highest BCUT2D eigenvalue weighted by molar-refractivity contribution is 5.70. The van der Waals surface area contributed by atoms with Gasteiger partial charge < -0.3 is 19.1 Å². The van der Waals surface area contributed by atoms with Crippen molar-refractivity contribution in [2.24, 2.45) is 0 Å². The molecular weight excluding hydrogens is 354 g/mol. The van der Waals surface area contributed by atoms with Crippen LogP contribution in [0.5, 0.6) is 0 Å². The Morgan fingerprint density at radius 1 is 0.893 bits per heavy atom. The standard InChI is InChI=1S/C23H43NO4/c1-5-6-7-8-9-10-11-12-13-14-15-16-17-18-23(27)28-21(19-22(25)26)20-24(2,3)4/h8-9,21H,5-7,10-20H2,1-4H3/b9-8+. The van der Waals surface area contributed by atoms with Crippen molar-refractivity contribution in [1.29, 1.82) is 0 Å². The third-order valence-electron chi connectivity index (χ3n) is 4.59. The second-order valence-electron chi connectivity index (χ2n) is 8.79. The molecule has 0 aromatic rings. The van der Waals surface area contributed by atoms with Gasteiger partial charge in [0.05, 0.1) is 21.1 Å². The molecule has 0 heterocycles. The molecule has 164 valence electrons. The maximum Gasteiger partial charge on any atom is 0.306 e. The second-order valence-corrected chi connectivity index (χ2v) is 8.79. The number of ether oxygens (including phenoxy) is 1. The van der Waals surface area contributed by atoms with Crippen molar-refractivity contribution in [3.8, 4) is 0 Å². The highest BCUT2D eigenvalue weighted by Gasteiger charge is 2.22. The molecule has 0 N–H and O–H groups in total. The predicted octanol–water partition coefficient (Wildman–Crippen LogP) is 4.00. The number of esters is 1. The van der Waals surface area contributed by atoms with Gasteiger partial charge >= 0.3 is 5.97 Å². The van der Waals surface area contributed by atoms with E-state index >= 15 is 0 Å². The first-order chi connectivity index (χ1) is 13.2. The Morgan fingerprint density at radius 3 is 1.96 bits per heavy atom. The molecule has 0 saturated carbocycles. The minimum absolute atomic E-state index is 0.241. The molecule has 5 heteroatoms. The van der Waals surface area contributed by atoms with Gasteiger partial charge in [-0.2, -0.15) is 0 Å². The topological polar surface area (TPSA) is 66.4 Å². The number of hydrogen-bond donors (Lipinski definition) is 0. The maximum absolute atomic E-state index is 12.0. The molecule has 0 rings (SSSR count). The number of unbranched alkanes of at least 4 members (excludes halogenated alkanes) is 9. The van der Waals surface area contributed by atoms with Crippen LogP contribution in [0.4, 0.5) is 0 Å². The zero-order chi connectivity index (χ0) is 21.3. The van der Waals surface area contributed by atoms with Crippen LogP contribution in [0, 0.1) is 0 Å². The Labute approximate surface area is 172 Å². The number of carboxylic acids is 1. The lowest BCUT2D eigenvalue weighted by molar-refractivity contribution is -0.873. The highest BCUT2D eigenvalue weighted by atomic mass is 16.5. The summed E-state index contributed by atoms with van der Waals surface area (Å²) in [5.41, 5.74) is 0. The van der Waals surface area contributed by atoms with Crippen molar-refractivity contribution >= 4 is 11.9 Å². The molecule has 5 nitrogen and oxygen atoms in total. The van der Waals surface area contributed by atoms with Gasteiger partial charge in [-0.1, -0.05) is 64.0 Å². The summed E-state index contributed by atoms with van der Waals surface area (Å²) in [5.74, 6) is -1.47. The summed E-state index contributed by atoms with van der Waals surface area (Å²) in [6.07, 6.45) is 17.0. The zero-order valence-electron chi connectivity index (χ0n) is 18.7. The van der Waals surface area contributed by atoms with Gasteiger partial charge in [0.15, 0.2) is 6.10 Å². The van der Waals surface area contributed by atoms with Gasteiger partial charge in [-0.25, -0.2) is 0 Å². The molecule has 0 aliphatic rings. The van der Waals surface area contributed by atoms with Gasteiger partial charge in [0.2, 0.25) is 0 Å². The molecule has 0 aromatic heterocycles. The van der Waals surface area contributed by atoms with Crippen LogP contribution in [-0.2, 0) is 14.3 Å². The number of carboxylic acid groups (broad SMARTS) is 1. The molecule has 0 fully saturated rings. The summed E-state index contributed by atoms with van der Waals surface area (Å²) < 4.78 is 5.90. The van der Waals surface area contributed by atoms with E-state index in [-0.39, 0.29) is 12.4 Å². The van der Waals surface area contributed by atoms with Crippen LogP contribution in [0.1, 0.15) is 90.4 Å². The van der Waals surface area contributed by atoms with E-state index in [1.54, 1.807) is 0 Å². The largest absolute Gasteiger partial charge is 0.550 e. The molecule has 28 heavy (non-hydrogen) atoms. The van der Waals surface area contributed by atoms with E-state index in [1.807, 2.05) is 21.1 Å². The van der Waals surface area contributed by atoms with Gasteiger partial charge in [0, 0.05) is 18.8 Å². The fourth-order valence-electron chi connectivity index (χ4n) is 3.16. The first kappa shape index (κ1) is 26.6. The van der Waals surface area contributed by atoms with Crippen LogP contribution < -0.4 is 5.11 Å². The zero-order valence-corrected chi connectivity index (χ0v) is 18.7. The smallest absolute Gasteiger partial charge is 0.306 e. The van der Waals surface area contributed by atoms with Crippen LogP contribution in [0.2, 0.25) is 0 Å². The Balaban J connectivity index is 3.69. The van der Waals surface area contributed by atoms with Gasteiger partial charge in [-0.05, 0) is 25.7 Å². The summed E-state index contributed by atoms with van der Waals surface area (Å²) in [5, 5.41) is 10.8. The molecule has 0 bridgehead atoms. The quantitative estimate of drug-likeness (QED) is 0.152. The number of quaternary nitrogens is 1. The molecule has 0 spiro atoms. The lowest BCUT2D eigenvalue weighted by atomic mass is 10.1. The molecule has 0 aliphatic heterocycles. The van der Waals surface area contributed by atoms with E-state index < -0.39 is 12.1 Å². The van der Waals surface area contributed by atoms with Crippen LogP contribution >= 0.6 is 0 Å². The SMILES string of the molecule is CCCC/C=C/CCCCCCCCCC(=O)OC(CC(=O)[O-])C[N+](C)(C)C. The highest BCUT2D eigenvalue weighted by Crippen LogP contribution is 2.12. The summed E-state index contributed by atoms with van der Waals surface area (Å²) >= 11 is 0. The van der Waals surface area contributed by atoms with Gasteiger partial charge in [-0.3, -0.25) is 4.79 Å². The maximum atomic E-state index is 12.0. The molecule has 1 atom stereocenters. The first-order valence-electron chi connectivity index (χ1n) is 11.1. The van der Waals surface area contributed by atoms with Crippen molar-refractivity contribution in [2.45, 2.75) is 96.5 Å². The molecule has 0 aliphatic carbocycles. The number of nitrogens with zero attached hydrogens (tertiary/aromatic N) is 1. The van der Waals surface area contributed by atoms with Crippen molar-refractivity contribution in [3.05, 3.63) is 12.2 Å². The van der Waals surface area contributed by atoms with E-state index in [4.69, 9.17) is 4.74 Å². The van der Waals surface area contributed by atoms with Crippen molar-refractivity contribution in [1.82, 2.24) is 0 Å². The average molecular weight is 398 g/mol. The summed E-state index contributed by atoms with van der Waals surface area (Å²) in [6, 6.07) is 0. The second kappa shape index (κ2) is 16.6. The minimum Gasteiger partial charge on any atom is -0.550 e. The lowest BCUT2D eigenvalue weighted by Gasteiger charge is -2.29. The number of carbonyl (C=O) groups is 2. The number of rotatable bonds is 18. The molecule has 0 amide bonds. The average Bonchev–Trinajstić information content (AvgIpc) is 2.56. The first-order valence-corrected chi connectivity index (χ1v) is 11.1. The molecule has 1 unspecified atom stereocenters. The molecule has 0 saturated heterocycles. The Bertz CT molecular complexity index is 440. The predicted molar refractivity (Wildman–Crippen MR) is 113 cm³/mol. The third kappa shape index (κ3) is 19.4. The fraction of sp³-hybridized carbons (Fsp3) is 0.826. The van der Waals surface area contributed by atoms with Crippen molar-refractivity contribution < 1.29 is 23.9 Å². The number of aliphatic carboxylic acids is 1. The normalized spacial score (nSPS) is 13.0. The monoisotopic (exact) mass is 397 g/mol. The Kier molecular flexibility index (Phi) is 15.8. The number of carbonyl (C=O) groups excluding carboxylic acids is 2. The Hall–Kier alpha value is -1.36. The number of allylic oxidation sites excluding steroid dienone is 2. The van der Waals surface area contributed by atoms with Crippen LogP contribution in [0.15, 0.2) is 12.2 Å². The molecule has 0 radical (unpaired) electrons. The summed E-state index contributed by atoms with van der Waals surface area (Å²) in [4.78, 5) is 22.8. The fourth-order valence-corrected chi connectivity index (χ4v) is 3.16. The van der Waals surface area contributed by atoms with Gasteiger partial charge in [-0.15, -0.1) is 0 Å². The van der Waals surface area contributed by atoms with E-state index in [1.165, 1.54) is 51.4 Å². The lowest BCUT2D eigenvalue weighted by Crippen LogP contribution is -2.45. The summed E-state index contributed by atoms with van der Waals surface area (Å²) in [6.45, 7) is 2.69. The number of hydrogen-bond acceptors (Lipinski definition) is 4. The van der Waals surface area contributed by atoms with Crippen LogP contribution in [-0.4, -0.2) is 50.2 Å². The van der Waals surface area contributed by atoms with E-state index in [0.717, 1.165) is 19.3 Å². The van der Waals surface area contributed by atoms with E-state index in [2.05, 4.69) is 19.1 Å². The van der Waals surface area contributed by atoms with E-state index in [9.17, 15) is 14.7 Å². The van der Waals surface area contributed by atoms with Crippen molar-refractivity contribution in [2.75, 3.05) is 27.7 Å². The Morgan fingerprint density at radius 2 is 1.43 bits per heavy atom. The van der Waals surface area contributed by atoms with Crippen molar-refractivity contribution in [3.63, 3.8) is 0 Å². The van der Waals surface area contributed by atoms with Gasteiger partial charge in [0.1, 0.15) is 6.54 Å². The third-order valence-corrected chi connectivity index (χ3v) is 4.59. The molecule has 0 aromatic carbocycles. The van der Waals surface area contributed by atoms with Crippen LogP contribution in [0.3, 0.4) is 0 Å². The number of likely N-dealkylation sites (N-methyl/N-ethyl adjacent to an activating group) is 1. The van der Waals surface area contributed by atoms with Gasteiger partial charge in [0.25, 0.3) is 0 Å². The van der Waals surface area contributed by atoms with Crippen LogP contribution in [0.25, 0.3) is 0 Å².